The van der Waals surface area contributed by atoms with Gasteiger partial charge in [0.25, 0.3) is 5.91 Å². The minimum absolute atomic E-state index is 0.0478. The molecular formula is C21H28N4O3. The molecule has 2 N–H and O–H groups in total. The molecule has 7 nitrogen and oxygen atoms in total. The second-order valence-corrected chi connectivity index (χ2v) is 7.25. The Morgan fingerprint density at radius 3 is 2.75 bits per heavy atom. The van der Waals surface area contributed by atoms with Crippen LogP contribution in [0.3, 0.4) is 0 Å². The predicted molar refractivity (Wildman–Crippen MR) is 107 cm³/mol. The molecule has 0 saturated heterocycles. The van der Waals surface area contributed by atoms with Crippen LogP contribution in [0.1, 0.15) is 48.5 Å². The van der Waals surface area contributed by atoms with Gasteiger partial charge < -0.3 is 15.2 Å². The molecule has 1 unspecified atom stereocenters. The van der Waals surface area contributed by atoms with Gasteiger partial charge in [0.15, 0.2) is 11.6 Å². The number of aliphatic hydroxyl groups is 1. The second kappa shape index (κ2) is 9.01. The average Bonchev–Trinajstić information content (AvgIpc) is 3.02. The number of aromatic nitrogens is 3. The van der Waals surface area contributed by atoms with Crippen molar-refractivity contribution in [2.24, 2.45) is 7.05 Å². The summed E-state index contributed by atoms with van der Waals surface area (Å²) in [5, 5.41) is 17.9. The van der Waals surface area contributed by atoms with Crippen LogP contribution in [-0.2, 0) is 23.0 Å². The lowest BCUT2D eigenvalue weighted by atomic mass is 10.0. The molecule has 1 aliphatic rings. The zero-order valence-electron chi connectivity index (χ0n) is 16.7. The van der Waals surface area contributed by atoms with Crippen molar-refractivity contribution in [2.45, 2.75) is 45.1 Å². The van der Waals surface area contributed by atoms with Crippen LogP contribution in [-0.4, -0.2) is 45.5 Å². The molecule has 2 aromatic rings. The zero-order valence-corrected chi connectivity index (χ0v) is 16.7. The number of ether oxygens (including phenoxy) is 1. The fraction of sp³-hybridized carbons (Fsp3) is 0.476. The standard InChI is InChI=1S/C21H28N4O3/c1-14-7-9-15(10-8-14)13-18-23-20(25(2)24-18)19-17(26)6-4-5-16(28-3)11-12-22-21(19)27/h7-10,16,26H,4-6,11-13H2,1-3H3,(H,22,27)/b19-17+. The summed E-state index contributed by atoms with van der Waals surface area (Å²) in [5.74, 6) is 0.727. The quantitative estimate of drug-likeness (QED) is 0.846. The summed E-state index contributed by atoms with van der Waals surface area (Å²) in [6, 6.07) is 8.19. The Kier molecular flexibility index (Phi) is 6.46. The van der Waals surface area contributed by atoms with E-state index in [-0.39, 0.29) is 23.3 Å². The molecule has 0 fully saturated rings. The molecule has 1 atom stereocenters. The predicted octanol–water partition coefficient (Wildman–Crippen LogP) is 2.69. The van der Waals surface area contributed by atoms with Gasteiger partial charge in [0.2, 0.25) is 0 Å². The van der Waals surface area contributed by atoms with Crippen LogP contribution in [0, 0.1) is 6.92 Å². The third-order valence-corrected chi connectivity index (χ3v) is 5.05. The van der Waals surface area contributed by atoms with E-state index in [1.807, 2.05) is 19.1 Å². The molecule has 0 aliphatic carbocycles. The summed E-state index contributed by atoms with van der Waals surface area (Å²) in [6.07, 6.45) is 3.39. The number of rotatable bonds is 4. The lowest BCUT2D eigenvalue weighted by Crippen LogP contribution is -2.30. The maximum absolute atomic E-state index is 12.7. The summed E-state index contributed by atoms with van der Waals surface area (Å²) >= 11 is 0. The first-order chi connectivity index (χ1) is 13.5. The van der Waals surface area contributed by atoms with Crippen molar-refractivity contribution in [3.63, 3.8) is 0 Å². The first-order valence-electron chi connectivity index (χ1n) is 9.67. The lowest BCUT2D eigenvalue weighted by molar-refractivity contribution is -0.115. The topological polar surface area (TPSA) is 89.3 Å². The number of allylic oxidation sites excluding steroid dienone is 1. The van der Waals surface area contributed by atoms with Gasteiger partial charge in [-0.15, -0.1) is 0 Å². The summed E-state index contributed by atoms with van der Waals surface area (Å²) < 4.78 is 6.98. The van der Waals surface area contributed by atoms with E-state index in [1.54, 1.807) is 18.8 Å². The van der Waals surface area contributed by atoms with Crippen molar-refractivity contribution < 1.29 is 14.6 Å². The first-order valence-corrected chi connectivity index (χ1v) is 9.67. The Balaban J connectivity index is 1.86. The number of carbonyl (C=O) groups excluding carboxylic acids is 1. The highest BCUT2D eigenvalue weighted by Gasteiger charge is 2.24. The van der Waals surface area contributed by atoms with E-state index in [9.17, 15) is 9.90 Å². The van der Waals surface area contributed by atoms with Crippen LogP contribution in [0.4, 0.5) is 0 Å². The van der Waals surface area contributed by atoms with E-state index in [0.29, 0.717) is 31.0 Å². The molecule has 2 heterocycles. The van der Waals surface area contributed by atoms with Gasteiger partial charge in [-0.1, -0.05) is 29.8 Å². The van der Waals surface area contributed by atoms with Crippen LogP contribution in [0.15, 0.2) is 30.0 Å². The highest BCUT2D eigenvalue weighted by Crippen LogP contribution is 2.22. The third kappa shape index (κ3) is 4.78. The number of aliphatic hydroxyl groups excluding tert-OH is 1. The molecule has 3 rings (SSSR count). The molecule has 1 aliphatic heterocycles. The number of aryl methyl sites for hydroxylation is 2. The summed E-state index contributed by atoms with van der Waals surface area (Å²) in [4.78, 5) is 17.3. The highest BCUT2D eigenvalue weighted by atomic mass is 16.5. The van der Waals surface area contributed by atoms with E-state index < -0.39 is 0 Å². The van der Waals surface area contributed by atoms with Gasteiger partial charge in [0, 0.05) is 33.5 Å². The van der Waals surface area contributed by atoms with Crippen molar-refractivity contribution in [2.75, 3.05) is 13.7 Å². The minimum atomic E-state index is -0.327. The molecule has 28 heavy (non-hydrogen) atoms. The van der Waals surface area contributed by atoms with E-state index in [2.05, 4.69) is 27.5 Å². The minimum Gasteiger partial charge on any atom is -0.511 e. The molecule has 0 spiro atoms. The Morgan fingerprint density at radius 1 is 1.29 bits per heavy atom. The van der Waals surface area contributed by atoms with E-state index in [0.717, 1.165) is 24.8 Å². The molecule has 1 aromatic heterocycles. The number of nitrogens with zero attached hydrogens (tertiary/aromatic N) is 3. The highest BCUT2D eigenvalue weighted by molar-refractivity contribution is 6.19. The number of carbonyl (C=O) groups is 1. The van der Waals surface area contributed by atoms with Gasteiger partial charge in [-0.05, 0) is 31.7 Å². The van der Waals surface area contributed by atoms with Gasteiger partial charge in [-0.2, -0.15) is 5.10 Å². The second-order valence-electron chi connectivity index (χ2n) is 7.25. The lowest BCUT2D eigenvalue weighted by Gasteiger charge is -2.18. The molecule has 7 heteroatoms. The molecule has 0 bridgehead atoms. The van der Waals surface area contributed by atoms with Gasteiger partial charge in [0.1, 0.15) is 11.3 Å². The monoisotopic (exact) mass is 384 g/mol. The van der Waals surface area contributed by atoms with Gasteiger partial charge in [-0.3, -0.25) is 4.79 Å². The normalized spacial score (nSPS) is 21.4. The number of nitrogens with one attached hydrogen (secondary N) is 1. The number of hydrogen-bond acceptors (Lipinski definition) is 5. The zero-order chi connectivity index (χ0) is 20.1. The average molecular weight is 384 g/mol. The van der Waals surface area contributed by atoms with E-state index in [1.165, 1.54) is 5.56 Å². The molecule has 0 radical (unpaired) electrons. The Labute approximate surface area is 165 Å². The van der Waals surface area contributed by atoms with Crippen LogP contribution in [0.2, 0.25) is 0 Å². The maximum atomic E-state index is 12.7. The summed E-state index contributed by atoms with van der Waals surface area (Å²) in [6.45, 7) is 2.53. The van der Waals surface area contributed by atoms with Gasteiger partial charge >= 0.3 is 0 Å². The molecule has 1 amide bonds. The first kappa shape index (κ1) is 20.1. The largest absolute Gasteiger partial charge is 0.511 e. The van der Waals surface area contributed by atoms with Crippen LogP contribution in [0.25, 0.3) is 5.57 Å². The van der Waals surface area contributed by atoms with Crippen LogP contribution >= 0.6 is 0 Å². The summed E-state index contributed by atoms with van der Waals surface area (Å²) in [5.41, 5.74) is 2.50. The number of hydrogen-bond donors (Lipinski definition) is 2. The molecular weight excluding hydrogens is 356 g/mol. The smallest absolute Gasteiger partial charge is 0.258 e. The van der Waals surface area contributed by atoms with Gasteiger partial charge in [0.05, 0.1) is 6.10 Å². The maximum Gasteiger partial charge on any atom is 0.258 e. The van der Waals surface area contributed by atoms with Crippen LogP contribution in [0.5, 0.6) is 0 Å². The Morgan fingerprint density at radius 2 is 2.04 bits per heavy atom. The van der Waals surface area contributed by atoms with Crippen molar-refractivity contribution in [1.82, 2.24) is 20.1 Å². The fourth-order valence-corrected chi connectivity index (χ4v) is 3.42. The molecule has 0 saturated carbocycles. The van der Waals surface area contributed by atoms with Crippen molar-refractivity contribution in [3.8, 4) is 0 Å². The SMILES string of the molecule is COC1CCC/C(O)=C(/c2nc(Cc3ccc(C)cc3)nn2C)C(=O)NCC1. The number of benzene rings is 1. The van der Waals surface area contributed by atoms with Crippen molar-refractivity contribution in [3.05, 3.63) is 52.8 Å². The number of amides is 1. The number of methoxy groups -OCH3 is 1. The Hall–Kier alpha value is -2.67. The van der Waals surface area contributed by atoms with Gasteiger partial charge in [-0.25, -0.2) is 9.67 Å². The third-order valence-electron chi connectivity index (χ3n) is 5.05. The molecule has 1 aromatic carbocycles. The Bertz CT molecular complexity index is 855. The van der Waals surface area contributed by atoms with E-state index >= 15 is 0 Å². The molecule has 150 valence electrons. The van der Waals surface area contributed by atoms with Crippen molar-refractivity contribution in [1.29, 1.82) is 0 Å². The summed E-state index contributed by atoms with van der Waals surface area (Å²) in [7, 11) is 3.42. The van der Waals surface area contributed by atoms with Crippen LogP contribution < -0.4 is 5.32 Å². The van der Waals surface area contributed by atoms with Crippen molar-refractivity contribution >= 4 is 11.5 Å². The fourth-order valence-electron chi connectivity index (χ4n) is 3.42. The van der Waals surface area contributed by atoms with E-state index in [4.69, 9.17) is 4.74 Å².